The van der Waals surface area contributed by atoms with E-state index in [0.717, 1.165) is 0 Å². The third-order valence-electron chi connectivity index (χ3n) is 5.05. The Hall–Kier alpha value is 0.293. The molecule has 2 aliphatic carbocycles. The molecule has 0 aliphatic heterocycles. The number of halogens is 2. The minimum atomic E-state index is -1.79. The fourth-order valence-electron chi connectivity index (χ4n) is 3.34. The van der Waals surface area contributed by atoms with Crippen molar-refractivity contribution in [3.63, 3.8) is 0 Å². The molecular formula is C20H30Cl2Zr. The van der Waals surface area contributed by atoms with Gasteiger partial charge in [-0.1, -0.05) is 0 Å². The third kappa shape index (κ3) is 4.90. The van der Waals surface area contributed by atoms with Gasteiger partial charge in [0.15, 0.2) is 0 Å². The summed E-state index contributed by atoms with van der Waals surface area (Å²) in [5.41, 5.74) is 5.03. The van der Waals surface area contributed by atoms with Crippen molar-refractivity contribution < 1.29 is 46.1 Å². The van der Waals surface area contributed by atoms with E-state index in [0.29, 0.717) is 11.3 Å². The van der Waals surface area contributed by atoms with Crippen LogP contribution in [0.5, 0.6) is 0 Å². The number of hydrogen-bond donors (Lipinski definition) is 0. The van der Waals surface area contributed by atoms with Gasteiger partial charge in [0.1, 0.15) is 0 Å². The minimum Gasteiger partial charge on any atom is -1.00 e. The molecule has 3 heteroatoms. The van der Waals surface area contributed by atoms with Crippen LogP contribution in [0, 0.1) is 11.3 Å². The molecule has 0 N–H and O–H groups in total. The zero-order valence-corrected chi connectivity index (χ0v) is 19.7. The Bertz CT molecular complexity index is 619. The molecule has 1 unspecified atom stereocenters. The maximum atomic E-state index is 2.53. The molecule has 0 fully saturated rings. The number of hydrogen-bond acceptors (Lipinski definition) is 0. The van der Waals surface area contributed by atoms with Crippen molar-refractivity contribution >= 4 is 3.21 Å². The Morgan fingerprint density at radius 3 is 2.00 bits per heavy atom. The zero-order chi connectivity index (χ0) is 15.9. The minimum absolute atomic E-state index is 0. The second-order valence-electron chi connectivity index (χ2n) is 7.87. The molecule has 0 saturated carbocycles. The van der Waals surface area contributed by atoms with Gasteiger partial charge in [0, 0.05) is 0 Å². The predicted octanol–water partition coefficient (Wildman–Crippen LogP) is -0.0451. The van der Waals surface area contributed by atoms with E-state index >= 15 is 0 Å². The van der Waals surface area contributed by atoms with Crippen LogP contribution in [-0.2, 0) is 21.3 Å². The SMILES string of the molecule is CC1=C(C)C(C)[C]([Zr+2]([C]2=CC=C(C(C)(C)C)C2)=[C](C)C)=C1.[Cl-].[Cl-]. The summed E-state index contributed by atoms with van der Waals surface area (Å²) < 4.78 is 5.29. The summed E-state index contributed by atoms with van der Waals surface area (Å²) >= 11 is -1.79. The molecule has 0 nitrogen and oxygen atoms in total. The van der Waals surface area contributed by atoms with Crippen LogP contribution in [0.25, 0.3) is 0 Å². The maximum Gasteiger partial charge on any atom is -1.00 e. The maximum absolute atomic E-state index is 2.53. The molecule has 0 aromatic carbocycles. The van der Waals surface area contributed by atoms with Gasteiger partial charge in [-0.25, -0.2) is 0 Å². The van der Waals surface area contributed by atoms with Gasteiger partial charge in [0.05, 0.1) is 0 Å². The van der Waals surface area contributed by atoms with E-state index in [2.05, 4.69) is 73.6 Å². The van der Waals surface area contributed by atoms with E-state index in [1.807, 2.05) is 0 Å². The Morgan fingerprint density at radius 2 is 1.65 bits per heavy atom. The first-order valence-corrected chi connectivity index (χ1v) is 11.8. The molecule has 2 aliphatic rings. The fourth-order valence-corrected chi connectivity index (χ4v) is 11.3. The summed E-state index contributed by atoms with van der Waals surface area (Å²) in [6.45, 7) is 18.8. The van der Waals surface area contributed by atoms with Gasteiger partial charge in [-0.05, 0) is 0 Å². The van der Waals surface area contributed by atoms with Gasteiger partial charge >= 0.3 is 139 Å². The summed E-state index contributed by atoms with van der Waals surface area (Å²) in [5.74, 6) is 0.675. The molecule has 2 rings (SSSR count). The summed E-state index contributed by atoms with van der Waals surface area (Å²) in [4.78, 5) is 0. The van der Waals surface area contributed by atoms with Crippen molar-refractivity contribution in [1.29, 1.82) is 0 Å². The molecule has 0 saturated heterocycles. The van der Waals surface area contributed by atoms with Crippen molar-refractivity contribution in [1.82, 2.24) is 0 Å². The van der Waals surface area contributed by atoms with E-state index in [1.165, 1.54) is 12.0 Å². The number of allylic oxidation sites excluding steroid dienone is 8. The van der Waals surface area contributed by atoms with Crippen molar-refractivity contribution in [3.05, 3.63) is 41.5 Å². The smallest absolute Gasteiger partial charge is 1.00 e. The molecule has 0 heterocycles. The van der Waals surface area contributed by atoms with Crippen LogP contribution < -0.4 is 24.8 Å². The van der Waals surface area contributed by atoms with Gasteiger partial charge in [-0.3, -0.25) is 0 Å². The molecule has 1 atom stereocenters. The van der Waals surface area contributed by atoms with E-state index in [-0.39, 0.29) is 24.8 Å². The second kappa shape index (κ2) is 8.59. The molecular weight excluding hydrogens is 402 g/mol. The molecule has 0 bridgehead atoms. The Kier molecular flexibility index (Phi) is 8.70. The van der Waals surface area contributed by atoms with Crippen molar-refractivity contribution in [3.8, 4) is 0 Å². The molecule has 0 aromatic rings. The van der Waals surface area contributed by atoms with Crippen molar-refractivity contribution in [2.75, 3.05) is 0 Å². The average molecular weight is 433 g/mol. The van der Waals surface area contributed by atoms with E-state index in [1.54, 1.807) is 20.9 Å². The van der Waals surface area contributed by atoms with Gasteiger partial charge in [0.25, 0.3) is 0 Å². The Morgan fingerprint density at radius 1 is 1.09 bits per heavy atom. The van der Waals surface area contributed by atoms with Crippen molar-refractivity contribution in [2.45, 2.75) is 61.8 Å². The normalized spacial score (nSPS) is 20.0. The summed E-state index contributed by atoms with van der Waals surface area (Å²) in [6.07, 6.45) is 8.63. The van der Waals surface area contributed by atoms with E-state index < -0.39 is 21.3 Å². The topological polar surface area (TPSA) is 0 Å². The molecule has 23 heavy (non-hydrogen) atoms. The monoisotopic (exact) mass is 430 g/mol. The Balaban J connectivity index is 0.00000242. The van der Waals surface area contributed by atoms with Gasteiger partial charge in [-0.15, -0.1) is 0 Å². The molecule has 0 spiro atoms. The standard InChI is InChI=1S/C9H13.C8H11.C3H6.2ClH.Zr/c1-9(2,3)8-6-4-5-7-8;1-6-4-5-7(2)8(6)3;1-3-2;;;/h4,6H,7H2,1-3H3;4,7H,1-3H3;1-2H3;2*1H;/q;;;;;+2/p-2. The summed E-state index contributed by atoms with van der Waals surface area (Å²) in [7, 11) is 0. The third-order valence-corrected chi connectivity index (χ3v) is 12.8. The molecule has 128 valence electrons. The van der Waals surface area contributed by atoms with Crippen LogP contribution in [0.1, 0.15) is 61.8 Å². The first-order chi connectivity index (χ1) is 9.62. The fraction of sp³-hybridized carbons (Fsp3) is 0.550. The quantitative estimate of drug-likeness (QED) is 0.574. The Labute approximate surface area is 163 Å². The van der Waals surface area contributed by atoms with Crippen LogP contribution in [0.15, 0.2) is 41.5 Å². The average Bonchev–Trinajstić information content (AvgIpc) is 2.92. The van der Waals surface area contributed by atoms with Gasteiger partial charge in [0.2, 0.25) is 0 Å². The van der Waals surface area contributed by atoms with E-state index in [9.17, 15) is 0 Å². The molecule has 0 amide bonds. The van der Waals surface area contributed by atoms with Crippen LogP contribution in [-0.4, -0.2) is 3.21 Å². The van der Waals surface area contributed by atoms with Gasteiger partial charge in [-0.2, -0.15) is 0 Å². The largest absolute Gasteiger partial charge is 1.00 e. The first-order valence-electron chi connectivity index (χ1n) is 8.10. The molecule has 0 aromatic heterocycles. The van der Waals surface area contributed by atoms with Crippen LogP contribution in [0.4, 0.5) is 0 Å². The molecule has 0 radical (unpaired) electrons. The van der Waals surface area contributed by atoms with Crippen LogP contribution in [0.3, 0.4) is 0 Å². The summed E-state index contributed by atoms with van der Waals surface area (Å²) in [5, 5.41) is 0. The van der Waals surface area contributed by atoms with Crippen LogP contribution in [0.2, 0.25) is 0 Å². The van der Waals surface area contributed by atoms with Gasteiger partial charge < -0.3 is 24.8 Å². The zero-order valence-electron chi connectivity index (χ0n) is 15.8. The van der Waals surface area contributed by atoms with E-state index in [4.69, 9.17) is 0 Å². The predicted molar refractivity (Wildman–Crippen MR) is 92.2 cm³/mol. The first kappa shape index (κ1) is 23.3. The number of rotatable bonds is 2. The summed E-state index contributed by atoms with van der Waals surface area (Å²) in [6, 6.07) is 0. The second-order valence-corrected chi connectivity index (χ2v) is 15.2. The van der Waals surface area contributed by atoms with Crippen LogP contribution >= 0.6 is 0 Å². The van der Waals surface area contributed by atoms with Crippen molar-refractivity contribution in [2.24, 2.45) is 11.3 Å².